The summed E-state index contributed by atoms with van der Waals surface area (Å²) in [5.41, 5.74) is 2.00. The van der Waals surface area contributed by atoms with Gasteiger partial charge in [-0.3, -0.25) is 0 Å². The van der Waals surface area contributed by atoms with Gasteiger partial charge in [-0.2, -0.15) is 0 Å². The first-order valence-corrected chi connectivity index (χ1v) is 7.15. The molecule has 1 aliphatic rings. The molecule has 1 aromatic rings. The molecular weight excluding hydrogens is 309 g/mol. The van der Waals surface area contributed by atoms with Gasteiger partial charge in [0.2, 0.25) is 0 Å². The zero-order chi connectivity index (χ0) is 11.6. The lowest BCUT2D eigenvalue weighted by Crippen LogP contribution is -2.27. The van der Waals surface area contributed by atoms with E-state index in [1.807, 2.05) is 0 Å². The minimum atomic E-state index is 0.614. The summed E-state index contributed by atoms with van der Waals surface area (Å²) in [7, 11) is 0. The highest BCUT2D eigenvalue weighted by atomic mass is 127. The van der Waals surface area contributed by atoms with Crippen molar-refractivity contribution in [3.05, 3.63) is 33.4 Å². The smallest absolute Gasteiger partial charge is 0.0205 e. The Balaban J connectivity index is 1.78. The third-order valence-corrected chi connectivity index (χ3v) is 4.56. The van der Waals surface area contributed by atoms with Crippen LogP contribution in [0, 0.1) is 14.9 Å². The summed E-state index contributed by atoms with van der Waals surface area (Å²) in [6, 6.07) is 8.77. The van der Waals surface area contributed by atoms with Gasteiger partial charge in [-0.05, 0) is 64.5 Å². The first-order chi connectivity index (χ1) is 7.62. The lowest BCUT2D eigenvalue weighted by molar-refractivity contribution is 0.338. The molecule has 0 aliphatic heterocycles. The molecule has 0 saturated heterocycles. The molecule has 1 N–H and O–H groups in total. The van der Waals surface area contributed by atoms with Crippen molar-refractivity contribution in [1.82, 2.24) is 5.32 Å². The van der Waals surface area contributed by atoms with E-state index < -0.39 is 0 Å². The van der Waals surface area contributed by atoms with Crippen LogP contribution < -0.4 is 5.32 Å². The average Bonchev–Trinajstić information content (AvgIpc) is 3.02. The van der Waals surface area contributed by atoms with Crippen LogP contribution in [-0.2, 0) is 6.54 Å². The zero-order valence-electron chi connectivity index (χ0n) is 10.1. The molecule has 0 radical (unpaired) electrons. The van der Waals surface area contributed by atoms with Gasteiger partial charge < -0.3 is 5.32 Å². The van der Waals surface area contributed by atoms with Crippen molar-refractivity contribution < 1.29 is 0 Å². The largest absolute Gasteiger partial charge is 0.312 e. The van der Waals surface area contributed by atoms with Gasteiger partial charge in [0.05, 0.1) is 0 Å². The summed E-state index contributed by atoms with van der Waals surface area (Å²) < 4.78 is 1.31. The van der Waals surface area contributed by atoms with Crippen LogP contribution >= 0.6 is 22.6 Å². The van der Waals surface area contributed by atoms with Crippen molar-refractivity contribution in [2.75, 3.05) is 6.54 Å². The second-order valence-electron chi connectivity index (χ2n) is 5.25. The summed E-state index contributed by atoms with van der Waals surface area (Å²) in [4.78, 5) is 0. The lowest BCUT2D eigenvalue weighted by Gasteiger charge is -2.20. The Hall–Kier alpha value is -0.0900. The molecule has 2 heteroatoms. The van der Waals surface area contributed by atoms with Crippen LogP contribution in [0.25, 0.3) is 0 Å². The Morgan fingerprint density at radius 3 is 2.38 bits per heavy atom. The highest BCUT2D eigenvalue weighted by Crippen LogP contribution is 2.51. The Morgan fingerprint density at radius 1 is 1.25 bits per heavy atom. The number of hydrogen-bond acceptors (Lipinski definition) is 1. The fourth-order valence-electron chi connectivity index (χ4n) is 2.18. The van der Waals surface area contributed by atoms with E-state index in [9.17, 15) is 0 Å². The number of halogens is 1. The van der Waals surface area contributed by atoms with E-state index in [1.165, 1.54) is 28.5 Å². The third-order valence-electron chi connectivity index (χ3n) is 3.84. The molecule has 0 heterocycles. The predicted octanol–water partition coefficient (Wildman–Crippen LogP) is 3.82. The van der Waals surface area contributed by atoms with Crippen LogP contribution in [0.5, 0.6) is 0 Å². The summed E-state index contributed by atoms with van der Waals surface area (Å²) >= 11 is 2.35. The highest BCUT2D eigenvalue weighted by Gasteiger charge is 2.44. The Labute approximate surface area is 112 Å². The first-order valence-electron chi connectivity index (χ1n) is 6.08. The molecule has 0 amide bonds. The van der Waals surface area contributed by atoms with Crippen LogP contribution in [0.4, 0.5) is 0 Å². The second kappa shape index (κ2) is 5.05. The summed E-state index contributed by atoms with van der Waals surface area (Å²) in [6.45, 7) is 6.88. The van der Waals surface area contributed by atoms with Crippen LogP contribution in [0.3, 0.4) is 0 Å². The van der Waals surface area contributed by atoms with Crippen molar-refractivity contribution in [2.24, 2.45) is 11.3 Å². The molecular formula is C14H20IN. The van der Waals surface area contributed by atoms with Crippen molar-refractivity contribution in [3.8, 4) is 0 Å². The molecule has 0 unspecified atom stereocenters. The summed E-state index contributed by atoms with van der Waals surface area (Å²) in [5.74, 6) is 0.816. The minimum Gasteiger partial charge on any atom is -0.312 e. The second-order valence-corrected chi connectivity index (χ2v) is 6.49. The van der Waals surface area contributed by atoms with Gasteiger partial charge in [-0.25, -0.2) is 0 Å². The topological polar surface area (TPSA) is 12.0 Å². The van der Waals surface area contributed by atoms with E-state index in [0.29, 0.717) is 5.41 Å². The molecule has 1 saturated carbocycles. The average molecular weight is 329 g/mol. The van der Waals surface area contributed by atoms with E-state index in [2.05, 4.69) is 66.0 Å². The number of nitrogens with one attached hydrogen (secondary N) is 1. The molecule has 0 spiro atoms. The van der Waals surface area contributed by atoms with Gasteiger partial charge in [-0.15, -0.1) is 0 Å². The highest BCUT2D eigenvalue weighted by molar-refractivity contribution is 14.1. The van der Waals surface area contributed by atoms with Crippen molar-refractivity contribution in [1.29, 1.82) is 0 Å². The monoisotopic (exact) mass is 329 g/mol. The standard InChI is InChI=1S/C14H20IN/c1-11(2)14(7-8-14)10-16-9-12-3-5-13(15)6-4-12/h3-6,11,16H,7-10H2,1-2H3. The molecule has 2 rings (SSSR count). The number of benzene rings is 1. The fraction of sp³-hybridized carbons (Fsp3) is 0.571. The zero-order valence-corrected chi connectivity index (χ0v) is 12.3. The molecule has 88 valence electrons. The van der Waals surface area contributed by atoms with E-state index in [1.54, 1.807) is 0 Å². The van der Waals surface area contributed by atoms with Crippen LogP contribution in [-0.4, -0.2) is 6.54 Å². The Kier molecular flexibility index (Phi) is 3.90. The maximum absolute atomic E-state index is 3.60. The van der Waals surface area contributed by atoms with Crippen molar-refractivity contribution in [3.63, 3.8) is 0 Å². The van der Waals surface area contributed by atoms with Crippen molar-refractivity contribution >= 4 is 22.6 Å². The quantitative estimate of drug-likeness (QED) is 0.810. The van der Waals surface area contributed by atoms with Crippen LogP contribution in [0.1, 0.15) is 32.3 Å². The molecule has 16 heavy (non-hydrogen) atoms. The molecule has 0 atom stereocenters. The minimum absolute atomic E-state index is 0.614. The van der Waals surface area contributed by atoms with Gasteiger partial charge in [0.15, 0.2) is 0 Å². The fourth-order valence-corrected chi connectivity index (χ4v) is 2.54. The number of hydrogen-bond donors (Lipinski definition) is 1. The van der Waals surface area contributed by atoms with Gasteiger partial charge >= 0.3 is 0 Å². The third kappa shape index (κ3) is 2.98. The predicted molar refractivity (Wildman–Crippen MR) is 77.4 cm³/mol. The molecule has 0 aromatic heterocycles. The molecule has 1 nitrogen and oxygen atoms in total. The SMILES string of the molecule is CC(C)C1(CNCc2ccc(I)cc2)CC1. The molecule has 0 bridgehead atoms. The van der Waals surface area contributed by atoms with Crippen LogP contribution in [0.15, 0.2) is 24.3 Å². The first kappa shape index (κ1) is 12.4. The molecule has 1 aromatic carbocycles. The molecule has 1 fully saturated rings. The summed E-state index contributed by atoms with van der Waals surface area (Å²) in [5, 5.41) is 3.60. The van der Waals surface area contributed by atoms with E-state index >= 15 is 0 Å². The van der Waals surface area contributed by atoms with Crippen LogP contribution in [0.2, 0.25) is 0 Å². The van der Waals surface area contributed by atoms with Gasteiger partial charge in [0.25, 0.3) is 0 Å². The van der Waals surface area contributed by atoms with E-state index in [0.717, 1.165) is 12.5 Å². The Morgan fingerprint density at radius 2 is 1.88 bits per heavy atom. The maximum Gasteiger partial charge on any atom is 0.0205 e. The number of rotatable bonds is 5. The maximum atomic E-state index is 3.60. The Bertz CT molecular complexity index is 338. The van der Waals surface area contributed by atoms with Gasteiger partial charge in [0.1, 0.15) is 0 Å². The van der Waals surface area contributed by atoms with E-state index in [4.69, 9.17) is 0 Å². The molecule has 1 aliphatic carbocycles. The van der Waals surface area contributed by atoms with Gasteiger partial charge in [0, 0.05) is 16.7 Å². The van der Waals surface area contributed by atoms with E-state index in [-0.39, 0.29) is 0 Å². The lowest BCUT2D eigenvalue weighted by atomic mass is 9.92. The summed E-state index contributed by atoms with van der Waals surface area (Å²) in [6.07, 6.45) is 2.81. The van der Waals surface area contributed by atoms with Gasteiger partial charge in [-0.1, -0.05) is 26.0 Å². The normalized spacial score (nSPS) is 17.8. The van der Waals surface area contributed by atoms with Crippen molar-refractivity contribution in [2.45, 2.75) is 33.2 Å².